The summed E-state index contributed by atoms with van der Waals surface area (Å²) in [6.45, 7) is 1.71. The van der Waals surface area contributed by atoms with Crippen LogP contribution in [0.25, 0.3) is 11.1 Å². The summed E-state index contributed by atoms with van der Waals surface area (Å²) in [4.78, 5) is 11.8. The van der Waals surface area contributed by atoms with E-state index in [0.29, 0.717) is 49.2 Å². The van der Waals surface area contributed by atoms with E-state index in [9.17, 15) is 9.90 Å². The maximum Gasteiger partial charge on any atom is 0.251 e. The fourth-order valence-electron chi connectivity index (χ4n) is 3.51. The van der Waals surface area contributed by atoms with Crippen molar-refractivity contribution < 1.29 is 28.8 Å². The summed E-state index contributed by atoms with van der Waals surface area (Å²) in [5, 5.41) is 12.5. The maximum absolute atomic E-state index is 11.8. The predicted octanol–water partition coefficient (Wildman–Crippen LogP) is 2.00. The number of carbonyl (C=O) groups excluding carboxylic acids is 1. The normalized spacial score (nSPS) is 16.8. The molecule has 2 aliphatic rings. The molecule has 0 unspecified atom stereocenters. The molecule has 1 amide bonds. The predicted molar refractivity (Wildman–Crippen MR) is 102 cm³/mol. The zero-order valence-corrected chi connectivity index (χ0v) is 15.9. The van der Waals surface area contributed by atoms with Gasteiger partial charge in [0.2, 0.25) is 5.75 Å². The number of aliphatic hydroxyl groups is 1. The van der Waals surface area contributed by atoms with Gasteiger partial charge in [-0.3, -0.25) is 4.79 Å². The minimum absolute atomic E-state index is 0.0127. The Morgan fingerprint density at radius 2 is 1.89 bits per heavy atom. The summed E-state index contributed by atoms with van der Waals surface area (Å²) < 4.78 is 22.4. The highest BCUT2D eigenvalue weighted by molar-refractivity contribution is 5.99. The number of nitrogens with one attached hydrogen (secondary N) is 1. The van der Waals surface area contributed by atoms with Crippen molar-refractivity contribution in [2.75, 3.05) is 40.6 Å². The van der Waals surface area contributed by atoms with Crippen molar-refractivity contribution in [2.24, 2.45) is 5.41 Å². The third-order valence-electron chi connectivity index (χ3n) is 5.27. The van der Waals surface area contributed by atoms with Crippen LogP contribution in [0.1, 0.15) is 15.9 Å². The molecule has 148 valence electrons. The Hall–Kier alpha value is -2.77. The lowest BCUT2D eigenvalue weighted by Gasteiger charge is -2.39. The van der Waals surface area contributed by atoms with Crippen LogP contribution in [0.15, 0.2) is 30.3 Å². The summed E-state index contributed by atoms with van der Waals surface area (Å²) in [5.74, 6) is 1.53. The molecule has 2 aromatic carbocycles. The number of aliphatic hydroxyl groups excluding tert-OH is 1. The van der Waals surface area contributed by atoms with Crippen molar-refractivity contribution in [1.82, 2.24) is 5.32 Å². The summed E-state index contributed by atoms with van der Waals surface area (Å²) in [6.07, 6.45) is 0. The van der Waals surface area contributed by atoms with E-state index >= 15 is 0 Å². The second-order valence-corrected chi connectivity index (χ2v) is 7.17. The summed E-state index contributed by atoms with van der Waals surface area (Å²) in [5.41, 5.74) is 2.97. The lowest BCUT2D eigenvalue weighted by atomic mass is 9.88. The molecular weight excluding hydrogens is 362 g/mol. The molecule has 0 atom stereocenters. The molecule has 2 aliphatic heterocycles. The fourth-order valence-corrected chi connectivity index (χ4v) is 3.51. The Labute approximate surface area is 163 Å². The second kappa shape index (κ2) is 7.33. The lowest BCUT2D eigenvalue weighted by Crippen LogP contribution is -2.50. The van der Waals surface area contributed by atoms with Crippen LogP contribution in [0.4, 0.5) is 0 Å². The molecule has 0 aromatic heterocycles. The first-order valence-corrected chi connectivity index (χ1v) is 9.09. The van der Waals surface area contributed by atoms with E-state index < -0.39 is 5.41 Å². The fraction of sp³-hybridized carbons (Fsp3) is 0.381. The van der Waals surface area contributed by atoms with Gasteiger partial charge in [-0.05, 0) is 35.4 Å². The molecule has 2 aromatic rings. The van der Waals surface area contributed by atoms with Gasteiger partial charge in [0.25, 0.3) is 5.91 Å². The van der Waals surface area contributed by atoms with E-state index in [4.69, 9.17) is 18.9 Å². The Morgan fingerprint density at radius 3 is 2.54 bits per heavy atom. The minimum atomic E-state index is -0.403. The van der Waals surface area contributed by atoms with E-state index in [-0.39, 0.29) is 12.5 Å². The van der Waals surface area contributed by atoms with Gasteiger partial charge in [-0.1, -0.05) is 6.07 Å². The topological polar surface area (TPSA) is 86.3 Å². The van der Waals surface area contributed by atoms with E-state index in [1.807, 2.05) is 30.3 Å². The first-order chi connectivity index (χ1) is 13.6. The highest BCUT2D eigenvalue weighted by atomic mass is 16.5. The smallest absolute Gasteiger partial charge is 0.251 e. The molecule has 0 radical (unpaired) electrons. The molecular formula is C21H23NO6. The molecule has 4 rings (SSSR count). The monoisotopic (exact) mass is 385 g/mol. The van der Waals surface area contributed by atoms with Crippen molar-refractivity contribution >= 4 is 5.91 Å². The van der Waals surface area contributed by atoms with Crippen LogP contribution in [0.2, 0.25) is 0 Å². The Kier molecular flexibility index (Phi) is 4.87. The van der Waals surface area contributed by atoms with Crippen molar-refractivity contribution in [3.8, 4) is 28.4 Å². The standard InChI is InChI=1S/C21H23NO6/c1-25-17-6-5-15(13-3-4-16-14(7-13)8-22-20(16)24)18(19(17)26-2)28-12-21(9-23)10-27-11-21/h3-7,23H,8-12H2,1-2H3,(H,22,24). The number of rotatable bonds is 7. The summed E-state index contributed by atoms with van der Waals surface area (Å²) in [6, 6.07) is 9.43. The van der Waals surface area contributed by atoms with E-state index in [2.05, 4.69) is 5.32 Å². The van der Waals surface area contributed by atoms with Crippen molar-refractivity contribution in [3.05, 3.63) is 41.5 Å². The van der Waals surface area contributed by atoms with Gasteiger partial charge in [-0.15, -0.1) is 0 Å². The zero-order chi connectivity index (χ0) is 19.7. The highest BCUT2D eigenvalue weighted by Gasteiger charge is 2.39. The van der Waals surface area contributed by atoms with E-state index in [0.717, 1.165) is 16.7 Å². The molecule has 1 saturated heterocycles. The summed E-state index contributed by atoms with van der Waals surface area (Å²) in [7, 11) is 3.14. The Balaban J connectivity index is 1.75. The molecule has 7 heteroatoms. The lowest BCUT2D eigenvalue weighted by molar-refractivity contribution is -0.153. The average Bonchev–Trinajstić information content (AvgIpc) is 3.07. The third kappa shape index (κ3) is 3.06. The third-order valence-corrected chi connectivity index (χ3v) is 5.27. The number of methoxy groups -OCH3 is 2. The van der Waals surface area contributed by atoms with Crippen molar-refractivity contribution in [1.29, 1.82) is 0 Å². The van der Waals surface area contributed by atoms with Crippen LogP contribution in [0.3, 0.4) is 0 Å². The number of carbonyl (C=O) groups is 1. The van der Waals surface area contributed by atoms with E-state index in [1.165, 1.54) is 0 Å². The number of ether oxygens (including phenoxy) is 4. The van der Waals surface area contributed by atoms with Crippen LogP contribution in [-0.4, -0.2) is 51.7 Å². The average molecular weight is 385 g/mol. The first kappa shape index (κ1) is 18.6. The largest absolute Gasteiger partial charge is 0.493 e. The quantitative estimate of drug-likeness (QED) is 0.758. The molecule has 2 N–H and O–H groups in total. The van der Waals surface area contributed by atoms with Crippen molar-refractivity contribution in [3.63, 3.8) is 0 Å². The Bertz CT molecular complexity index is 900. The van der Waals surface area contributed by atoms with Gasteiger partial charge in [0.15, 0.2) is 11.5 Å². The zero-order valence-electron chi connectivity index (χ0n) is 15.9. The molecule has 0 aliphatic carbocycles. The Morgan fingerprint density at radius 1 is 1.11 bits per heavy atom. The van der Waals surface area contributed by atoms with Gasteiger partial charge < -0.3 is 29.4 Å². The molecule has 0 bridgehead atoms. The van der Waals surface area contributed by atoms with Gasteiger partial charge in [0.1, 0.15) is 6.61 Å². The van der Waals surface area contributed by atoms with Gasteiger partial charge in [0.05, 0.1) is 39.5 Å². The number of hydrogen-bond donors (Lipinski definition) is 2. The van der Waals surface area contributed by atoms with E-state index in [1.54, 1.807) is 14.2 Å². The van der Waals surface area contributed by atoms with Gasteiger partial charge in [-0.2, -0.15) is 0 Å². The second-order valence-electron chi connectivity index (χ2n) is 7.17. The van der Waals surface area contributed by atoms with Crippen molar-refractivity contribution in [2.45, 2.75) is 6.54 Å². The maximum atomic E-state index is 11.8. The first-order valence-electron chi connectivity index (χ1n) is 9.09. The SMILES string of the molecule is COc1ccc(-c2ccc3c(c2)CNC3=O)c(OCC2(CO)COC2)c1OC. The number of benzene rings is 2. The van der Waals surface area contributed by atoms with Crippen LogP contribution in [0, 0.1) is 5.41 Å². The molecule has 0 spiro atoms. The number of hydrogen-bond acceptors (Lipinski definition) is 6. The minimum Gasteiger partial charge on any atom is -0.493 e. The van der Waals surface area contributed by atoms with Gasteiger partial charge in [-0.25, -0.2) is 0 Å². The highest BCUT2D eigenvalue weighted by Crippen LogP contribution is 2.45. The molecule has 1 fully saturated rings. The van der Waals surface area contributed by atoms with Crippen LogP contribution in [-0.2, 0) is 11.3 Å². The molecule has 7 nitrogen and oxygen atoms in total. The van der Waals surface area contributed by atoms with Crippen LogP contribution >= 0.6 is 0 Å². The van der Waals surface area contributed by atoms with Crippen LogP contribution < -0.4 is 19.5 Å². The number of fused-ring (bicyclic) bond motifs is 1. The van der Waals surface area contributed by atoms with Gasteiger partial charge in [0, 0.05) is 17.7 Å². The summed E-state index contributed by atoms with van der Waals surface area (Å²) >= 11 is 0. The molecule has 0 saturated carbocycles. The van der Waals surface area contributed by atoms with Gasteiger partial charge >= 0.3 is 0 Å². The molecule has 28 heavy (non-hydrogen) atoms. The number of amides is 1. The van der Waals surface area contributed by atoms with Crippen LogP contribution in [0.5, 0.6) is 17.2 Å². The molecule has 2 heterocycles.